The van der Waals surface area contributed by atoms with Crippen molar-refractivity contribution < 1.29 is 19.0 Å². The molecule has 1 amide bonds. The summed E-state index contributed by atoms with van der Waals surface area (Å²) < 4.78 is 17.9. The summed E-state index contributed by atoms with van der Waals surface area (Å²) in [6, 6.07) is 23.0. The number of hydrogen-bond acceptors (Lipinski definition) is 8. The number of thioether (sulfide) groups is 1. The predicted octanol–water partition coefficient (Wildman–Crippen LogP) is 4.20. The average Bonchev–Trinajstić information content (AvgIpc) is 3.36. The number of rotatable bonds is 10. The van der Waals surface area contributed by atoms with Crippen LogP contribution in [0.25, 0.3) is 17.1 Å². The van der Waals surface area contributed by atoms with Crippen LogP contribution in [0.15, 0.2) is 83.1 Å². The van der Waals surface area contributed by atoms with Crippen LogP contribution in [0.3, 0.4) is 0 Å². The molecule has 0 fully saturated rings. The van der Waals surface area contributed by atoms with Crippen molar-refractivity contribution in [3.63, 3.8) is 0 Å². The molecule has 0 aliphatic carbocycles. The van der Waals surface area contributed by atoms with Gasteiger partial charge in [0.25, 0.3) is 5.91 Å². The van der Waals surface area contributed by atoms with Gasteiger partial charge in [0.05, 0.1) is 33.3 Å². The molecule has 1 heterocycles. The molecule has 0 radical (unpaired) electrons. The van der Waals surface area contributed by atoms with Gasteiger partial charge in [0.2, 0.25) is 0 Å². The van der Waals surface area contributed by atoms with Crippen molar-refractivity contribution in [3.05, 3.63) is 78.4 Å². The standard InChI is InChI=1S/C26H25N5O4S/c1-33-21-15-23(35-3)22(34-2)14-19(21)16-27-28-24(32)17-36-26-30-29-25(18-10-6-4-7-11-18)31(26)20-12-8-5-9-13-20/h4-16H,17H2,1-3H3,(H,28,32). The normalized spacial score (nSPS) is 10.9. The van der Waals surface area contributed by atoms with Gasteiger partial charge < -0.3 is 14.2 Å². The minimum absolute atomic E-state index is 0.0974. The maximum Gasteiger partial charge on any atom is 0.250 e. The van der Waals surface area contributed by atoms with E-state index in [2.05, 4.69) is 20.7 Å². The number of nitrogens with one attached hydrogen (secondary N) is 1. The van der Waals surface area contributed by atoms with E-state index >= 15 is 0 Å². The van der Waals surface area contributed by atoms with Gasteiger partial charge in [-0.1, -0.05) is 60.3 Å². The first-order valence-electron chi connectivity index (χ1n) is 11.0. The Kier molecular flexibility index (Phi) is 8.20. The molecule has 1 aromatic heterocycles. The number of hydrogen-bond donors (Lipinski definition) is 1. The van der Waals surface area contributed by atoms with Crippen LogP contribution in [0.2, 0.25) is 0 Å². The Morgan fingerprint density at radius 1 is 0.917 bits per heavy atom. The zero-order valence-corrected chi connectivity index (χ0v) is 20.9. The highest BCUT2D eigenvalue weighted by molar-refractivity contribution is 7.99. The molecule has 0 saturated carbocycles. The Balaban J connectivity index is 1.47. The molecule has 4 aromatic rings. The van der Waals surface area contributed by atoms with E-state index in [1.807, 2.05) is 65.2 Å². The largest absolute Gasteiger partial charge is 0.496 e. The zero-order valence-electron chi connectivity index (χ0n) is 20.0. The smallest absolute Gasteiger partial charge is 0.250 e. The molecule has 0 saturated heterocycles. The number of carbonyl (C=O) groups excluding carboxylic acids is 1. The molecule has 0 aliphatic heterocycles. The van der Waals surface area contributed by atoms with Crippen LogP contribution in [-0.4, -0.2) is 54.0 Å². The van der Waals surface area contributed by atoms with Crippen molar-refractivity contribution in [3.8, 4) is 34.3 Å². The molecule has 0 spiro atoms. The summed E-state index contributed by atoms with van der Waals surface area (Å²) in [5, 5.41) is 13.4. The van der Waals surface area contributed by atoms with Crippen molar-refractivity contribution in [1.82, 2.24) is 20.2 Å². The van der Waals surface area contributed by atoms with Crippen LogP contribution in [0.4, 0.5) is 0 Å². The quantitative estimate of drug-likeness (QED) is 0.197. The molecule has 3 aromatic carbocycles. The molecular weight excluding hydrogens is 478 g/mol. The lowest BCUT2D eigenvalue weighted by molar-refractivity contribution is -0.118. The van der Waals surface area contributed by atoms with E-state index in [1.54, 1.807) is 33.5 Å². The van der Waals surface area contributed by atoms with Gasteiger partial charge in [-0.05, 0) is 18.2 Å². The Hall–Kier alpha value is -4.31. The van der Waals surface area contributed by atoms with E-state index in [0.717, 1.165) is 11.3 Å². The summed E-state index contributed by atoms with van der Waals surface area (Å²) in [5.41, 5.74) is 5.00. The van der Waals surface area contributed by atoms with Gasteiger partial charge in [-0.3, -0.25) is 9.36 Å². The van der Waals surface area contributed by atoms with Crippen molar-refractivity contribution in [2.45, 2.75) is 5.16 Å². The fourth-order valence-electron chi connectivity index (χ4n) is 3.44. The van der Waals surface area contributed by atoms with Gasteiger partial charge in [0.1, 0.15) is 5.75 Å². The van der Waals surface area contributed by atoms with Crippen molar-refractivity contribution >= 4 is 23.9 Å². The first kappa shape index (κ1) is 24.8. The highest BCUT2D eigenvalue weighted by atomic mass is 32.2. The van der Waals surface area contributed by atoms with Crippen LogP contribution in [0.1, 0.15) is 5.56 Å². The number of ether oxygens (including phenoxy) is 3. The van der Waals surface area contributed by atoms with Gasteiger partial charge in [0, 0.05) is 22.9 Å². The Bertz CT molecular complexity index is 1340. The van der Waals surface area contributed by atoms with E-state index < -0.39 is 0 Å². The van der Waals surface area contributed by atoms with E-state index in [0.29, 0.717) is 33.8 Å². The van der Waals surface area contributed by atoms with Gasteiger partial charge in [0.15, 0.2) is 22.5 Å². The second-order valence-electron chi connectivity index (χ2n) is 7.37. The molecule has 4 rings (SSSR count). The second-order valence-corrected chi connectivity index (χ2v) is 8.32. The van der Waals surface area contributed by atoms with E-state index in [-0.39, 0.29) is 11.7 Å². The summed E-state index contributed by atoms with van der Waals surface area (Å²) in [6.45, 7) is 0. The summed E-state index contributed by atoms with van der Waals surface area (Å²) in [6.07, 6.45) is 1.49. The summed E-state index contributed by atoms with van der Waals surface area (Å²) in [5.74, 6) is 2.09. The molecule has 9 nitrogen and oxygen atoms in total. The van der Waals surface area contributed by atoms with Gasteiger partial charge >= 0.3 is 0 Å². The summed E-state index contributed by atoms with van der Waals surface area (Å²) in [4.78, 5) is 12.5. The second kappa shape index (κ2) is 11.9. The zero-order chi connectivity index (χ0) is 25.3. The highest BCUT2D eigenvalue weighted by Crippen LogP contribution is 2.33. The Labute approximate surface area is 213 Å². The van der Waals surface area contributed by atoms with E-state index in [4.69, 9.17) is 14.2 Å². The molecular formula is C26H25N5O4S. The number of methoxy groups -OCH3 is 3. The highest BCUT2D eigenvalue weighted by Gasteiger charge is 2.17. The molecule has 36 heavy (non-hydrogen) atoms. The number of benzene rings is 3. The number of carbonyl (C=O) groups is 1. The van der Waals surface area contributed by atoms with Crippen LogP contribution < -0.4 is 19.6 Å². The van der Waals surface area contributed by atoms with Crippen molar-refractivity contribution in [1.29, 1.82) is 0 Å². The number of para-hydroxylation sites is 1. The van der Waals surface area contributed by atoms with Crippen LogP contribution >= 0.6 is 11.8 Å². The lowest BCUT2D eigenvalue weighted by atomic mass is 10.2. The lowest BCUT2D eigenvalue weighted by Crippen LogP contribution is -2.20. The van der Waals surface area contributed by atoms with E-state index in [9.17, 15) is 4.79 Å². The lowest BCUT2D eigenvalue weighted by Gasteiger charge is -2.11. The number of nitrogens with zero attached hydrogens (tertiary/aromatic N) is 4. The van der Waals surface area contributed by atoms with Gasteiger partial charge in [-0.25, -0.2) is 5.43 Å². The van der Waals surface area contributed by atoms with Gasteiger partial charge in [-0.15, -0.1) is 10.2 Å². The molecule has 1 N–H and O–H groups in total. The Morgan fingerprint density at radius 3 is 2.22 bits per heavy atom. The molecule has 10 heteroatoms. The van der Waals surface area contributed by atoms with Gasteiger partial charge in [-0.2, -0.15) is 5.10 Å². The average molecular weight is 504 g/mol. The van der Waals surface area contributed by atoms with Crippen molar-refractivity contribution in [2.75, 3.05) is 27.1 Å². The first-order valence-corrected chi connectivity index (χ1v) is 11.9. The monoisotopic (exact) mass is 503 g/mol. The molecule has 0 unspecified atom stereocenters. The van der Waals surface area contributed by atoms with Crippen LogP contribution in [-0.2, 0) is 4.79 Å². The summed E-state index contributed by atoms with van der Waals surface area (Å²) in [7, 11) is 4.63. The number of aromatic nitrogens is 3. The number of hydrazone groups is 1. The third-order valence-electron chi connectivity index (χ3n) is 5.14. The molecule has 0 atom stereocenters. The maximum atomic E-state index is 12.5. The van der Waals surface area contributed by atoms with Crippen LogP contribution in [0.5, 0.6) is 17.2 Å². The minimum Gasteiger partial charge on any atom is -0.496 e. The van der Waals surface area contributed by atoms with E-state index in [1.165, 1.54) is 18.0 Å². The third-order valence-corrected chi connectivity index (χ3v) is 6.07. The topological polar surface area (TPSA) is 99.9 Å². The number of amides is 1. The first-order chi connectivity index (χ1) is 17.6. The molecule has 184 valence electrons. The summed E-state index contributed by atoms with van der Waals surface area (Å²) >= 11 is 1.27. The minimum atomic E-state index is -0.292. The SMILES string of the molecule is COc1cc(OC)c(OC)cc1C=NNC(=O)CSc1nnc(-c2ccccc2)n1-c1ccccc1. The predicted molar refractivity (Wildman–Crippen MR) is 139 cm³/mol. The van der Waals surface area contributed by atoms with Crippen molar-refractivity contribution in [2.24, 2.45) is 5.10 Å². The third kappa shape index (κ3) is 5.66. The van der Waals surface area contributed by atoms with Crippen LogP contribution in [0, 0.1) is 0 Å². The fraction of sp³-hybridized carbons (Fsp3) is 0.154. The molecule has 0 bridgehead atoms. The maximum absolute atomic E-state index is 12.5. The fourth-order valence-corrected chi connectivity index (χ4v) is 4.18. The molecule has 0 aliphatic rings. The Morgan fingerprint density at radius 2 is 1.56 bits per heavy atom.